The Morgan fingerprint density at radius 3 is 2.16 bits per heavy atom. The lowest BCUT2D eigenvalue weighted by Gasteiger charge is -2.19. The summed E-state index contributed by atoms with van der Waals surface area (Å²) >= 11 is 0. The molecule has 38 heavy (non-hydrogen) atoms. The van der Waals surface area contributed by atoms with Crippen LogP contribution >= 0.6 is 0 Å². The molecule has 2 aliphatic carbocycles. The summed E-state index contributed by atoms with van der Waals surface area (Å²) in [6, 6.07) is 10.1. The lowest BCUT2D eigenvalue weighted by Crippen LogP contribution is -2.42. The lowest BCUT2D eigenvalue weighted by atomic mass is 10.0. The van der Waals surface area contributed by atoms with E-state index >= 15 is 0 Å². The molecular weight excluding hydrogens is 545 g/mol. The van der Waals surface area contributed by atoms with Gasteiger partial charge in [0.25, 0.3) is 0 Å². The van der Waals surface area contributed by atoms with Crippen LogP contribution in [0.4, 0.5) is 13.2 Å². The molecule has 1 N–H and O–H groups in total. The largest absolute Gasteiger partial charge is 0.417 e. The zero-order chi connectivity index (χ0) is 28.1. The zero-order valence-corrected chi connectivity index (χ0v) is 22.1. The van der Waals surface area contributed by atoms with Gasteiger partial charge in [0.2, 0.25) is 5.91 Å². The van der Waals surface area contributed by atoms with Gasteiger partial charge < -0.3 is 10.1 Å². The second-order valence-corrected chi connectivity index (χ2v) is 13.9. The van der Waals surface area contributed by atoms with Gasteiger partial charge in [-0.2, -0.15) is 18.4 Å². The van der Waals surface area contributed by atoms with E-state index < -0.39 is 65.0 Å². The predicted octanol–water partition coefficient (Wildman–Crippen LogP) is 3.52. The number of methoxy groups -OCH3 is 1. The highest BCUT2D eigenvalue weighted by Crippen LogP contribution is 2.43. The maximum Gasteiger partial charge on any atom is 0.417 e. The number of nitrogens with zero attached hydrogens (tertiary/aromatic N) is 1. The van der Waals surface area contributed by atoms with Gasteiger partial charge in [0, 0.05) is 13.4 Å². The molecule has 0 radical (unpaired) electrons. The van der Waals surface area contributed by atoms with Gasteiger partial charge in [-0.15, -0.1) is 0 Å². The molecule has 1 amide bonds. The topological polar surface area (TPSA) is 130 Å². The number of benzene rings is 2. The standard InChI is InChI=1S/C25H25F3N2O6S2/c1-36-21-13-18(12-19(21)23(31)30-24(14-29)9-10-24)38(34,35)22-8-5-16(11-20(22)25(26,27)28)15-3-6-17(7-4-15)37(2,32)33/h3-8,11,18-19,21H,9-10,12-13H2,1-2H3,(H,30,31). The van der Waals surface area contributed by atoms with Gasteiger partial charge in [-0.1, -0.05) is 18.2 Å². The molecule has 3 unspecified atom stereocenters. The number of hydrogen-bond donors (Lipinski definition) is 1. The van der Waals surface area contributed by atoms with Crippen LogP contribution in [0.15, 0.2) is 52.3 Å². The molecule has 8 nitrogen and oxygen atoms in total. The van der Waals surface area contributed by atoms with E-state index in [-0.39, 0.29) is 28.9 Å². The van der Waals surface area contributed by atoms with Gasteiger partial charge in [0.05, 0.1) is 38.7 Å². The molecule has 0 aliphatic heterocycles. The highest BCUT2D eigenvalue weighted by atomic mass is 32.2. The van der Waals surface area contributed by atoms with Gasteiger partial charge in [-0.25, -0.2) is 16.8 Å². The molecule has 3 atom stereocenters. The number of sulfone groups is 2. The summed E-state index contributed by atoms with van der Waals surface area (Å²) < 4.78 is 97.9. The quantitative estimate of drug-likeness (QED) is 0.539. The summed E-state index contributed by atoms with van der Waals surface area (Å²) in [6.07, 6.45) is -4.33. The van der Waals surface area contributed by atoms with Gasteiger partial charge in [0.15, 0.2) is 19.7 Å². The summed E-state index contributed by atoms with van der Waals surface area (Å²) in [4.78, 5) is 11.9. The van der Waals surface area contributed by atoms with Crippen LogP contribution in [0.25, 0.3) is 11.1 Å². The van der Waals surface area contributed by atoms with Crippen molar-refractivity contribution in [3.8, 4) is 17.2 Å². The zero-order valence-electron chi connectivity index (χ0n) is 20.4. The van der Waals surface area contributed by atoms with Crippen molar-refractivity contribution in [3.63, 3.8) is 0 Å². The number of halogens is 3. The van der Waals surface area contributed by atoms with E-state index in [1.54, 1.807) is 0 Å². The van der Waals surface area contributed by atoms with E-state index in [1.807, 2.05) is 6.07 Å². The Morgan fingerprint density at radius 2 is 1.66 bits per heavy atom. The molecule has 2 aliphatic rings. The average molecular weight is 571 g/mol. The first-order valence-electron chi connectivity index (χ1n) is 11.6. The Bertz CT molecular complexity index is 1510. The highest BCUT2D eigenvalue weighted by Gasteiger charge is 2.51. The van der Waals surface area contributed by atoms with E-state index in [0.29, 0.717) is 12.8 Å². The van der Waals surface area contributed by atoms with Crippen molar-refractivity contribution in [1.29, 1.82) is 5.26 Å². The molecule has 2 aromatic rings. The van der Waals surface area contributed by atoms with Crippen LogP contribution in [0.2, 0.25) is 0 Å². The monoisotopic (exact) mass is 570 g/mol. The molecule has 13 heteroatoms. The third-order valence-electron chi connectivity index (χ3n) is 7.07. The summed E-state index contributed by atoms with van der Waals surface area (Å²) in [5.41, 5.74) is -2.01. The average Bonchev–Trinajstić information content (AvgIpc) is 3.48. The summed E-state index contributed by atoms with van der Waals surface area (Å²) in [6.45, 7) is 0. The minimum Gasteiger partial charge on any atom is -0.381 e. The normalized spacial score (nSPS) is 23.0. The maximum absolute atomic E-state index is 14.1. The van der Waals surface area contributed by atoms with Crippen molar-refractivity contribution < 1.29 is 39.5 Å². The smallest absolute Gasteiger partial charge is 0.381 e. The first-order valence-corrected chi connectivity index (χ1v) is 15.1. The number of nitrogens with one attached hydrogen (secondary N) is 1. The summed E-state index contributed by atoms with van der Waals surface area (Å²) in [5.74, 6) is -1.50. The number of nitriles is 1. The van der Waals surface area contributed by atoms with Crippen LogP contribution in [0, 0.1) is 17.2 Å². The Morgan fingerprint density at radius 1 is 1.05 bits per heavy atom. The fourth-order valence-electron chi connectivity index (χ4n) is 4.72. The fourth-order valence-corrected chi connectivity index (χ4v) is 7.35. The molecule has 204 valence electrons. The second-order valence-electron chi connectivity index (χ2n) is 9.71. The van der Waals surface area contributed by atoms with E-state index in [0.717, 1.165) is 18.4 Å². The van der Waals surface area contributed by atoms with Crippen LogP contribution in [-0.4, -0.2) is 53.0 Å². The minimum absolute atomic E-state index is 0.00797. The van der Waals surface area contributed by atoms with Crippen LogP contribution in [0.1, 0.15) is 31.2 Å². The lowest BCUT2D eigenvalue weighted by molar-refractivity contribution is -0.139. The third-order valence-corrected chi connectivity index (χ3v) is 10.4. The molecule has 0 aromatic heterocycles. The second kappa shape index (κ2) is 9.66. The predicted molar refractivity (Wildman–Crippen MR) is 130 cm³/mol. The summed E-state index contributed by atoms with van der Waals surface area (Å²) in [5, 5.41) is 10.5. The number of amides is 1. The van der Waals surface area contributed by atoms with Crippen molar-refractivity contribution in [2.24, 2.45) is 5.92 Å². The molecule has 0 saturated heterocycles. The first-order chi connectivity index (χ1) is 17.6. The Labute approximate surface area is 218 Å². The molecule has 0 heterocycles. The number of ether oxygens (including phenoxy) is 1. The molecule has 2 aromatic carbocycles. The molecule has 4 rings (SSSR count). The van der Waals surface area contributed by atoms with Gasteiger partial charge in [0.1, 0.15) is 5.54 Å². The van der Waals surface area contributed by atoms with Crippen LogP contribution in [0.5, 0.6) is 0 Å². The van der Waals surface area contributed by atoms with Crippen molar-refractivity contribution >= 4 is 25.6 Å². The van der Waals surface area contributed by atoms with E-state index in [4.69, 9.17) is 4.74 Å². The molecular formula is C25H25F3N2O6S2. The number of alkyl halides is 3. The Balaban J connectivity index is 1.66. The van der Waals surface area contributed by atoms with Gasteiger partial charge in [-0.3, -0.25) is 4.79 Å². The van der Waals surface area contributed by atoms with Gasteiger partial charge >= 0.3 is 6.18 Å². The summed E-state index contributed by atoms with van der Waals surface area (Å²) in [7, 11) is -6.76. The van der Waals surface area contributed by atoms with Crippen LogP contribution in [0.3, 0.4) is 0 Å². The van der Waals surface area contributed by atoms with Crippen molar-refractivity contribution in [3.05, 3.63) is 48.0 Å². The van der Waals surface area contributed by atoms with Crippen molar-refractivity contribution in [2.45, 2.75) is 58.5 Å². The van der Waals surface area contributed by atoms with E-state index in [9.17, 15) is 40.1 Å². The number of hydrogen-bond acceptors (Lipinski definition) is 7. The van der Waals surface area contributed by atoms with Gasteiger partial charge in [-0.05, 0) is 61.1 Å². The van der Waals surface area contributed by atoms with Crippen molar-refractivity contribution in [1.82, 2.24) is 5.32 Å². The molecule has 0 spiro atoms. The van der Waals surface area contributed by atoms with Crippen molar-refractivity contribution in [2.75, 3.05) is 13.4 Å². The third kappa shape index (κ3) is 5.43. The SMILES string of the molecule is COC1CC(S(=O)(=O)c2ccc(-c3ccc(S(C)(=O)=O)cc3)cc2C(F)(F)F)CC1C(=O)NC1(C#N)CC1. The van der Waals surface area contributed by atoms with E-state index in [2.05, 4.69) is 5.32 Å². The first kappa shape index (κ1) is 28.1. The van der Waals surface area contributed by atoms with E-state index in [1.165, 1.54) is 37.4 Å². The minimum atomic E-state index is -5.01. The van der Waals surface area contributed by atoms with Crippen LogP contribution < -0.4 is 5.32 Å². The number of carbonyl (C=O) groups is 1. The Hall–Kier alpha value is -2.95. The highest BCUT2D eigenvalue weighted by molar-refractivity contribution is 7.92. The fraction of sp³-hybridized carbons (Fsp3) is 0.440. The maximum atomic E-state index is 14.1. The molecule has 2 saturated carbocycles. The molecule has 0 bridgehead atoms. The Kier molecular flexibility index (Phi) is 7.14. The van der Waals surface area contributed by atoms with Crippen LogP contribution in [-0.2, 0) is 35.4 Å². The molecule has 2 fully saturated rings. The number of rotatable bonds is 7. The number of carbonyl (C=O) groups excluding carboxylic acids is 1.